The molecule has 6 saturated carbocycles. The van der Waals surface area contributed by atoms with Crippen molar-refractivity contribution >= 4 is 35.8 Å². The second-order valence-corrected chi connectivity index (χ2v) is 19.2. The Kier molecular flexibility index (Phi) is 16.6. The molecule has 3 aliphatic heterocycles. The van der Waals surface area contributed by atoms with Crippen molar-refractivity contribution < 1.29 is 72.5 Å². The van der Waals surface area contributed by atoms with Crippen molar-refractivity contribution in [3.63, 3.8) is 0 Å². The minimum absolute atomic E-state index is 0.0496. The van der Waals surface area contributed by atoms with E-state index in [1.54, 1.807) is 6.92 Å². The van der Waals surface area contributed by atoms with Crippen LogP contribution in [0.3, 0.4) is 0 Å². The van der Waals surface area contributed by atoms with Crippen LogP contribution < -0.4 is 0 Å². The second kappa shape index (κ2) is 20.2. The molecule has 9 aliphatic rings. The van der Waals surface area contributed by atoms with Crippen LogP contribution >= 0.6 is 0 Å². The fraction of sp³-hybridized carbons (Fsp3) is 0.783. The van der Waals surface area contributed by atoms with Gasteiger partial charge in [0, 0.05) is 55.1 Å². The number of fused-ring (bicyclic) bond motifs is 15. The molecule has 344 valence electrons. The number of aliphatic carboxylic acids is 2. The van der Waals surface area contributed by atoms with Crippen LogP contribution in [0.15, 0.2) is 24.3 Å². The maximum Gasteiger partial charge on any atom is 0.335 e. The lowest BCUT2D eigenvalue weighted by molar-refractivity contribution is -0.188. The quantitative estimate of drug-likeness (QED) is 0.116. The van der Waals surface area contributed by atoms with Gasteiger partial charge >= 0.3 is 29.8 Å². The fourth-order valence-electron chi connectivity index (χ4n) is 12.3. The Morgan fingerprint density at radius 3 is 1.20 bits per heavy atom. The van der Waals surface area contributed by atoms with Crippen LogP contribution in [0.5, 0.6) is 0 Å². The van der Waals surface area contributed by atoms with Crippen LogP contribution in [0.2, 0.25) is 0 Å². The van der Waals surface area contributed by atoms with Crippen molar-refractivity contribution in [2.45, 2.75) is 139 Å². The highest BCUT2D eigenvalue weighted by molar-refractivity contribution is 5.87. The Morgan fingerprint density at radius 1 is 0.541 bits per heavy atom. The predicted octanol–water partition coefficient (Wildman–Crippen LogP) is 6.69. The van der Waals surface area contributed by atoms with Gasteiger partial charge in [0.05, 0.1) is 19.8 Å². The molecular formula is C46H70O15. The standard InChI is InChI=1S/C14H20O3.C12H18O3.C10H16O2.C4H6O3.C4H6O2.C2H4O2/c1-8(2)12(15)17-13-14(3)10-5-4-9(6-10)11(14)7-16-13;1-7(13)15-11-12(2)9-4-3-8(5-9)10(12)6-14-11;1-10-7-3-2-6(4-7)8(10)5-12-9(10)11;1-3(5)7-4(2)6;1-3(2)4(5)6;1-2(3)4/h9-11,13H,1,4-7H2,2-3H3;8-11H,3-6H2,1-2H3;6-9,11H,2-5H2,1H3;1-2H3;1H2,2H3,(H,5,6);1H3,(H,3,4)/t9?,10-,11?,13?,14-;8?,9-,10?,11?,12-;6?,7-,8?,9?,10-;;;/m000.../s1. The highest BCUT2D eigenvalue weighted by Gasteiger charge is 2.65. The summed E-state index contributed by atoms with van der Waals surface area (Å²) < 4.78 is 31.5. The first-order chi connectivity index (χ1) is 28.4. The topological polar surface area (TPSA) is 218 Å². The fourth-order valence-corrected chi connectivity index (χ4v) is 12.3. The molecule has 3 heterocycles. The van der Waals surface area contributed by atoms with Gasteiger partial charge in [0.25, 0.3) is 5.97 Å². The number of esters is 4. The number of hydrogen-bond acceptors (Lipinski definition) is 13. The highest BCUT2D eigenvalue weighted by Crippen LogP contribution is 2.66. The average Bonchev–Trinajstić information content (AvgIpc) is 4.01. The van der Waals surface area contributed by atoms with E-state index in [4.69, 9.17) is 38.7 Å². The third kappa shape index (κ3) is 10.8. The molecule has 6 aliphatic carbocycles. The zero-order chi connectivity index (χ0) is 45.8. The van der Waals surface area contributed by atoms with Gasteiger partial charge in [0.15, 0.2) is 6.29 Å². The normalized spacial score (nSPS) is 40.2. The van der Waals surface area contributed by atoms with E-state index in [1.807, 2.05) is 0 Å². The van der Waals surface area contributed by atoms with Crippen molar-refractivity contribution in [2.24, 2.45) is 69.5 Å². The number of carboxylic acid groups (broad SMARTS) is 2. The molecule has 15 heteroatoms. The van der Waals surface area contributed by atoms with Crippen LogP contribution in [-0.4, -0.2) is 89.8 Å². The summed E-state index contributed by atoms with van der Waals surface area (Å²) in [6.45, 7) is 23.9. The van der Waals surface area contributed by atoms with Gasteiger partial charge in [-0.2, -0.15) is 0 Å². The summed E-state index contributed by atoms with van der Waals surface area (Å²) in [5.41, 5.74) is 0.893. The van der Waals surface area contributed by atoms with Crippen LogP contribution in [-0.2, 0) is 57.2 Å². The maximum absolute atomic E-state index is 11.6. The van der Waals surface area contributed by atoms with Gasteiger partial charge in [0.1, 0.15) is 0 Å². The lowest BCUT2D eigenvalue weighted by Crippen LogP contribution is -2.41. The molecule has 0 aromatic rings. The minimum atomic E-state index is -0.935. The molecule has 61 heavy (non-hydrogen) atoms. The van der Waals surface area contributed by atoms with Gasteiger partial charge in [-0.05, 0) is 125 Å². The first-order valence-corrected chi connectivity index (χ1v) is 21.7. The molecule has 15 atom stereocenters. The Hall–Kier alpha value is -3.66. The van der Waals surface area contributed by atoms with Gasteiger partial charge in [-0.3, -0.25) is 19.2 Å². The average molecular weight is 863 g/mol. The van der Waals surface area contributed by atoms with Crippen molar-refractivity contribution in [2.75, 3.05) is 19.8 Å². The molecule has 9 fully saturated rings. The van der Waals surface area contributed by atoms with Crippen molar-refractivity contribution in [3.8, 4) is 0 Å². The number of carboxylic acids is 2. The van der Waals surface area contributed by atoms with Crippen molar-refractivity contribution in [3.05, 3.63) is 24.3 Å². The molecule has 3 saturated heterocycles. The number of hydrogen-bond donors (Lipinski definition) is 3. The minimum Gasteiger partial charge on any atom is -0.481 e. The summed E-state index contributed by atoms with van der Waals surface area (Å²) in [5, 5.41) is 25.1. The lowest BCUT2D eigenvalue weighted by atomic mass is 9.68. The Morgan fingerprint density at radius 2 is 0.885 bits per heavy atom. The van der Waals surface area contributed by atoms with Gasteiger partial charge in [-0.1, -0.05) is 33.9 Å². The number of aliphatic hydroxyl groups is 1. The van der Waals surface area contributed by atoms with E-state index in [0.717, 1.165) is 50.4 Å². The number of carbonyl (C=O) groups is 6. The zero-order valence-electron chi connectivity index (χ0n) is 37.6. The molecule has 15 nitrogen and oxygen atoms in total. The van der Waals surface area contributed by atoms with E-state index >= 15 is 0 Å². The summed E-state index contributed by atoms with van der Waals surface area (Å²) in [6, 6.07) is 0. The van der Waals surface area contributed by atoms with Gasteiger partial charge in [-0.15, -0.1) is 0 Å². The molecule has 9 rings (SSSR count). The maximum atomic E-state index is 11.6. The molecule has 0 aromatic carbocycles. The van der Waals surface area contributed by atoms with Crippen molar-refractivity contribution in [1.29, 1.82) is 0 Å². The van der Waals surface area contributed by atoms with Crippen LogP contribution in [0, 0.1) is 69.5 Å². The van der Waals surface area contributed by atoms with E-state index < -0.39 is 30.2 Å². The van der Waals surface area contributed by atoms with E-state index in [-0.39, 0.29) is 46.3 Å². The number of aliphatic hydroxyl groups excluding tert-OH is 1. The highest BCUT2D eigenvalue weighted by atomic mass is 16.7. The summed E-state index contributed by atoms with van der Waals surface area (Å²) in [5.74, 6) is 3.03. The zero-order valence-corrected chi connectivity index (χ0v) is 37.6. The molecule has 0 amide bonds. The Bertz CT molecular complexity index is 1650. The van der Waals surface area contributed by atoms with Gasteiger partial charge in [0.2, 0.25) is 12.6 Å². The van der Waals surface area contributed by atoms with E-state index in [0.29, 0.717) is 35.2 Å². The Labute approximate surface area is 360 Å². The third-order valence-corrected chi connectivity index (χ3v) is 15.5. The Balaban J connectivity index is 0.000000172. The molecule has 0 aromatic heterocycles. The van der Waals surface area contributed by atoms with Gasteiger partial charge < -0.3 is 43.7 Å². The van der Waals surface area contributed by atoms with E-state index in [9.17, 15) is 29.1 Å². The largest absolute Gasteiger partial charge is 0.481 e. The molecule has 0 radical (unpaired) electrons. The van der Waals surface area contributed by atoms with Crippen LogP contribution in [0.4, 0.5) is 0 Å². The van der Waals surface area contributed by atoms with E-state index in [2.05, 4.69) is 38.7 Å². The third-order valence-electron chi connectivity index (χ3n) is 15.5. The SMILES string of the molecule is C=C(C)C(=O)O.C=C(C)C(=O)OC1OCC2C3CC[C@@H](C3)[C@]12C.CC(=O)O.CC(=O)OC(C)=O.CC(=O)OC1OCC2C3CC[C@@H](C3)[C@]12C.C[C@@]12C(O)OCC1C1CC[C@H]2C1. The summed E-state index contributed by atoms with van der Waals surface area (Å²) in [7, 11) is 0. The number of carbonyl (C=O) groups excluding carboxylic acids is 4. The first kappa shape index (κ1) is 50.0. The molecule has 9 unspecified atom stereocenters. The number of rotatable bonds is 4. The summed E-state index contributed by atoms with van der Waals surface area (Å²) >= 11 is 0. The van der Waals surface area contributed by atoms with Crippen LogP contribution in [0.1, 0.15) is 120 Å². The molecule has 0 spiro atoms. The molecule has 6 bridgehead atoms. The second-order valence-electron chi connectivity index (χ2n) is 19.2. The predicted molar refractivity (Wildman–Crippen MR) is 220 cm³/mol. The number of ether oxygens (including phenoxy) is 6. The van der Waals surface area contributed by atoms with E-state index in [1.165, 1.54) is 85.5 Å². The monoisotopic (exact) mass is 862 g/mol. The molecule has 3 N–H and O–H groups in total. The smallest absolute Gasteiger partial charge is 0.335 e. The van der Waals surface area contributed by atoms with Gasteiger partial charge in [-0.25, -0.2) is 9.59 Å². The first-order valence-electron chi connectivity index (χ1n) is 21.7. The summed E-state index contributed by atoms with van der Waals surface area (Å²) in [6.07, 6.45) is 10.8. The summed E-state index contributed by atoms with van der Waals surface area (Å²) in [4.78, 5) is 60.9. The van der Waals surface area contributed by atoms with Crippen molar-refractivity contribution in [1.82, 2.24) is 0 Å². The van der Waals surface area contributed by atoms with Crippen LogP contribution in [0.25, 0.3) is 0 Å². The molecular weight excluding hydrogens is 792 g/mol. The lowest BCUT2D eigenvalue weighted by Gasteiger charge is -2.37.